The molecular weight excluding hydrogens is 232 g/mol. The Bertz CT molecular complexity index is 583. The molecule has 1 aliphatic carbocycles. The van der Waals surface area contributed by atoms with Crippen molar-refractivity contribution < 1.29 is 14.3 Å². The number of hydrogen-bond acceptors (Lipinski definition) is 3. The number of aryl methyl sites for hydroxylation is 1. The third-order valence-electron chi connectivity index (χ3n) is 3.34. The van der Waals surface area contributed by atoms with Crippen LogP contribution < -0.4 is 0 Å². The second-order valence-corrected chi connectivity index (χ2v) is 4.58. The molecule has 0 radical (unpaired) electrons. The number of hydrogen-bond donors (Lipinski definition) is 1. The van der Waals surface area contributed by atoms with Gasteiger partial charge < -0.3 is 14.1 Å². The average molecular weight is 246 g/mol. The molecule has 2 heterocycles. The van der Waals surface area contributed by atoms with Crippen molar-refractivity contribution in [2.45, 2.75) is 32.2 Å². The zero-order valence-electron chi connectivity index (χ0n) is 9.93. The molecule has 5 heteroatoms. The second kappa shape index (κ2) is 4.33. The summed E-state index contributed by atoms with van der Waals surface area (Å²) in [6.07, 6.45) is 7.58. The molecule has 1 N–H and O–H groups in total. The lowest BCUT2D eigenvalue weighted by molar-refractivity contribution is 0.0696. The largest absolute Gasteiger partial charge is 0.478 e. The Morgan fingerprint density at radius 1 is 1.44 bits per heavy atom. The summed E-state index contributed by atoms with van der Waals surface area (Å²) >= 11 is 0. The normalized spacial score (nSPS) is 14.4. The third-order valence-corrected chi connectivity index (χ3v) is 3.34. The van der Waals surface area contributed by atoms with Crippen LogP contribution in [0.4, 0.5) is 0 Å². The Morgan fingerprint density at radius 3 is 3.06 bits per heavy atom. The zero-order valence-corrected chi connectivity index (χ0v) is 9.93. The molecule has 2 aromatic rings. The van der Waals surface area contributed by atoms with Crippen LogP contribution in [0.1, 0.15) is 40.3 Å². The summed E-state index contributed by atoms with van der Waals surface area (Å²) in [7, 11) is 0. The maximum Gasteiger partial charge on any atom is 0.338 e. The summed E-state index contributed by atoms with van der Waals surface area (Å²) in [5.41, 5.74) is 2.62. The van der Waals surface area contributed by atoms with Crippen molar-refractivity contribution in [2.24, 2.45) is 0 Å². The molecule has 18 heavy (non-hydrogen) atoms. The lowest BCUT2D eigenvalue weighted by Gasteiger charge is -2.12. The topological polar surface area (TPSA) is 68.3 Å². The first kappa shape index (κ1) is 11.1. The molecule has 0 spiro atoms. The maximum absolute atomic E-state index is 10.8. The molecule has 0 saturated heterocycles. The van der Waals surface area contributed by atoms with Crippen LogP contribution in [-0.4, -0.2) is 20.6 Å². The van der Waals surface area contributed by atoms with Crippen molar-refractivity contribution in [3.8, 4) is 0 Å². The summed E-state index contributed by atoms with van der Waals surface area (Å²) in [5, 5.41) is 8.84. The van der Waals surface area contributed by atoms with Crippen LogP contribution >= 0.6 is 0 Å². The summed E-state index contributed by atoms with van der Waals surface area (Å²) in [4.78, 5) is 15.2. The standard InChI is InChI=1S/C13H14N2O3/c16-13(17)9-5-10(18-7-9)6-15-8-14-11-3-1-2-4-12(11)15/h5,7-8H,1-4,6H2,(H,16,17). The van der Waals surface area contributed by atoms with Crippen LogP contribution in [0.25, 0.3) is 0 Å². The van der Waals surface area contributed by atoms with E-state index < -0.39 is 5.97 Å². The predicted octanol–water partition coefficient (Wildman–Crippen LogP) is 2.10. The number of aromatic nitrogens is 2. The average Bonchev–Trinajstić information content (AvgIpc) is 2.98. The summed E-state index contributed by atoms with van der Waals surface area (Å²) in [6, 6.07) is 1.57. The quantitative estimate of drug-likeness (QED) is 0.900. The summed E-state index contributed by atoms with van der Waals surface area (Å²) < 4.78 is 7.32. The van der Waals surface area contributed by atoms with E-state index in [0.717, 1.165) is 12.8 Å². The Labute approximate surface area is 104 Å². The van der Waals surface area contributed by atoms with Crippen LogP contribution in [-0.2, 0) is 19.4 Å². The number of imidazole rings is 1. The minimum absolute atomic E-state index is 0.194. The van der Waals surface area contributed by atoms with E-state index in [2.05, 4.69) is 9.55 Å². The molecule has 5 nitrogen and oxygen atoms in total. The van der Waals surface area contributed by atoms with Gasteiger partial charge in [0, 0.05) is 5.69 Å². The Kier molecular flexibility index (Phi) is 2.66. The van der Waals surface area contributed by atoms with Gasteiger partial charge in [0.15, 0.2) is 0 Å². The number of aromatic carboxylic acids is 1. The number of furan rings is 1. The SMILES string of the molecule is O=C(O)c1coc(Cn2cnc3c2CCCC3)c1. The van der Waals surface area contributed by atoms with Gasteiger partial charge >= 0.3 is 5.97 Å². The van der Waals surface area contributed by atoms with Gasteiger partial charge in [0.25, 0.3) is 0 Å². The van der Waals surface area contributed by atoms with Gasteiger partial charge in [-0.1, -0.05) is 0 Å². The van der Waals surface area contributed by atoms with Crippen LogP contribution in [0.3, 0.4) is 0 Å². The predicted molar refractivity (Wildman–Crippen MR) is 63.6 cm³/mol. The molecular formula is C13H14N2O3. The molecule has 0 atom stereocenters. The highest BCUT2D eigenvalue weighted by Crippen LogP contribution is 2.21. The van der Waals surface area contributed by atoms with Gasteiger partial charge in [-0.25, -0.2) is 9.78 Å². The molecule has 0 amide bonds. The van der Waals surface area contributed by atoms with Crippen LogP contribution in [0.2, 0.25) is 0 Å². The van der Waals surface area contributed by atoms with Crippen molar-refractivity contribution in [2.75, 3.05) is 0 Å². The number of fused-ring (bicyclic) bond motifs is 1. The molecule has 1 aliphatic rings. The van der Waals surface area contributed by atoms with Crippen molar-refractivity contribution in [1.82, 2.24) is 9.55 Å². The van der Waals surface area contributed by atoms with Gasteiger partial charge in [0.1, 0.15) is 12.0 Å². The first-order valence-corrected chi connectivity index (χ1v) is 6.07. The number of rotatable bonds is 3. The molecule has 0 unspecified atom stereocenters. The van der Waals surface area contributed by atoms with Crippen molar-refractivity contribution in [3.05, 3.63) is 41.4 Å². The number of nitrogens with zero attached hydrogens (tertiary/aromatic N) is 2. The Balaban J connectivity index is 1.83. The van der Waals surface area contributed by atoms with E-state index in [1.54, 1.807) is 6.07 Å². The molecule has 3 rings (SSSR count). The van der Waals surface area contributed by atoms with E-state index in [4.69, 9.17) is 9.52 Å². The van der Waals surface area contributed by atoms with E-state index in [9.17, 15) is 4.79 Å². The second-order valence-electron chi connectivity index (χ2n) is 4.58. The van der Waals surface area contributed by atoms with Crippen molar-refractivity contribution in [1.29, 1.82) is 0 Å². The van der Waals surface area contributed by atoms with E-state index in [1.807, 2.05) is 6.33 Å². The van der Waals surface area contributed by atoms with Gasteiger partial charge in [0.05, 0.1) is 24.1 Å². The molecule has 94 valence electrons. The van der Waals surface area contributed by atoms with Crippen LogP contribution in [0, 0.1) is 0 Å². The molecule has 2 aromatic heterocycles. The highest BCUT2D eigenvalue weighted by Gasteiger charge is 2.16. The molecule has 0 saturated carbocycles. The van der Waals surface area contributed by atoms with E-state index in [-0.39, 0.29) is 5.56 Å². The Hall–Kier alpha value is -2.04. The lowest BCUT2D eigenvalue weighted by Crippen LogP contribution is -2.08. The molecule has 0 fully saturated rings. The van der Waals surface area contributed by atoms with Gasteiger partial charge in [-0.05, 0) is 31.7 Å². The van der Waals surface area contributed by atoms with Crippen LogP contribution in [0.15, 0.2) is 23.1 Å². The number of carboxylic acids is 1. The molecule has 0 bridgehead atoms. The fraction of sp³-hybridized carbons (Fsp3) is 0.385. The van der Waals surface area contributed by atoms with Crippen LogP contribution in [0.5, 0.6) is 0 Å². The van der Waals surface area contributed by atoms with Crippen molar-refractivity contribution >= 4 is 5.97 Å². The minimum atomic E-state index is -0.960. The molecule has 0 aromatic carbocycles. The fourth-order valence-corrected chi connectivity index (χ4v) is 2.41. The van der Waals surface area contributed by atoms with Gasteiger partial charge in [-0.3, -0.25) is 0 Å². The van der Waals surface area contributed by atoms with Gasteiger partial charge in [-0.2, -0.15) is 0 Å². The van der Waals surface area contributed by atoms with Gasteiger partial charge in [-0.15, -0.1) is 0 Å². The van der Waals surface area contributed by atoms with E-state index in [1.165, 1.54) is 30.5 Å². The number of carboxylic acid groups (broad SMARTS) is 1. The summed E-state index contributed by atoms with van der Waals surface area (Å²) in [5.74, 6) is -0.309. The van der Waals surface area contributed by atoms with E-state index in [0.29, 0.717) is 12.3 Å². The lowest BCUT2D eigenvalue weighted by atomic mass is 10.0. The monoisotopic (exact) mass is 246 g/mol. The highest BCUT2D eigenvalue weighted by molar-refractivity contribution is 5.87. The first-order valence-electron chi connectivity index (χ1n) is 6.07. The Morgan fingerprint density at radius 2 is 2.28 bits per heavy atom. The minimum Gasteiger partial charge on any atom is -0.478 e. The maximum atomic E-state index is 10.8. The smallest absolute Gasteiger partial charge is 0.338 e. The summed E-state index contributed by atoms with van der Waals surface area (Å²) in [6.45, 7) is 0.551. The third kappa shape index (κ3) is 1.92. The zero-order chi connectivity index (χ0) is 12.5. The molecule has 0 aliphatic heterocycles. The van der Waals surface area contributed by atoms with Crippen molar-refractivity contribution in [3.63, 3.8) is 0 Å². The first-order chi connectivity index (χ1) is 8.74. The highest BCUT2D eigenvalue weighted by atomic mass is 16.4. The number of carbonyl (C=O) groups is 1. The fourth-order valence-electron chi connectivity index (χ4n) is 2.41. The van der Waals surface area contributed by atoms with Gasteiger partial charge in [0.2, 0.25) is 0 Å². The van der Waals surface area contributed by atoms with E-state index >= 15 is 0 Å².